The third-order valence-electron chi connectivity index (χ3n) is 1.36. The second-order valence-corrected chi connectivity index (χ2v) is 2.23. The van der Waals surface area contributed by atoms with E-state index in [1.807, 2.05) is 6.07 Å². The Balaban J connectivity index is 2.64. The number of esters is 1. The predicted molar refractivity (Wildman–Crippen MR) is 41.6 cm³/mol. The molecule has 0 spiro atoms. The first kappa shape index (κ1) is 9.19. The molecule has 6 heteroatoms. The molecule has 0 saturated heterocycles. The molecule has 0 aliphatic carbocycles. The Morgan fingerprint density at radius 2 is 2.62 bits per heavy atom. The van der Waals surface area contributed by atoms with E-state index in [1.54, 1.807) is 0 Å². The first-order valence-electron chi connectivity index (χ1n) is 3.62. The van der Waals surface area contributed by atoms with Gasteiger partial charge in [0.05, 0.1) is 26.1 Å². The fourth-order valence-electron chi connectivity index (χ4n) is 0.752. The quantitative estimate of drug-likeness (QED) is 0.610. The minimum Gasteiger partial charge on any atom is -0.463 e. The van der Waals surface area contributed by atoms with Crippen LogP contribution in [0.3, 0.4) is 0 Å². The Kier molecular flexibility index (Phi) is 2.97. The Morgan fingerprint density at radius 1 is 1.85 bits per heavy atom. The van der Waals surface area contributed by atoms with E-state index in [-0.39, 0.29) is 5.82 Å². The molecule has 0 radical (unpaired) electrons. The number of nitrogens with zero attached hydrogens (tertiary/aromatic N) is 4. The third-order valence-corrected chi connectivity index (χ3v) is 1.36. The van der Waals surface area contributed by atoms with Crippen LogP contribution in [0.5, 0.6) is 0 Å². The highest BCUT2D eigenvalue weighted by Gasteiger charge is 2.10. The average Bonchev–Trinajstić information content (AvgIpc) is 2.62. The van der Waals surface area contributed by atoms with Crippen molar-refractivity contribution in [3.8, 4) is 6.07 Å². The Bertz CT molecular complexity index is 339. The van der Waals surface area contributed by atoms with Gasteiger partial charge in [-0.05, 0) is 0 Å². The molecule has 0 atom stereocenters. The van der Waals surface area contributed by atoms with Crippen LogP contribution in [0.4, 0.5) is 0 Å². The van der Waals surface area contributed by atoms with Gasteiger partial charge in [0.25, 0.3) is 5.82 Å². The van der Waals surface area contributed by atoms with E-state index in [4.69, 9.17) is 5.26 Å². The summed E-state index contributed by atoms with van der Waals surface area (Å²) in [5, 5.41) is 12.1. The summed E-state index contributed by atoms with van der Waals surface area (Å²) < 4.78 is 5.84. The lowest BCUT2D eigenvalue weighted by Gasteiger charge is -1.92. The molecule has 0 bridgehead atoms. The normalized spacial score (nSPS) is 9.23. The van der Waals surface area contributed by atoms with Gasteiger partial charge in [-0.15, -0.1) is 5.10 Å². The van der Waals surface area contributed by atoms with Crippen molar-refractivity contribution in [3.05, 3.63) is 12.2 Å². The van der Waals surface area contributed by atoms with Gasteiger partial charge in [-0.1, -0.05) is 0 Å². The molecule has 0 saturated carbocycles. The van der Waals surface area contributed by atoms with Gasteiger partial charge in [-0.25, -0.2) is 9.78 Å². The van der Waals surface area contributed by atoms with Gasteiger partial charge in [0.1, 0.15) is 6.33 Å². The van der Waals surface area contributed by atoms with Crippen molar-refractivity contribution < 1.29 is 9.53 Å². The number of carbonyl (C=O) groups excluding carboxylic acids is 1. The summed E-state index contributed by atoms with van der Waals surface area (Å²) in [5.74, 6) is -0.559. The predicted octanol–water partition coefficient (Wildman–Crippen LogP) is -0.0216. The van der Waals surface area contributed by atoms with Gasteiger partial charge in [0.15, 0.2) is 0 Å². The number of rotatable bonds is 3. The second-order valence-electron chi connectivity index (χ2n) is 2.23. The number of aryl methyl sites for hydroxylation is 1. The van der Waals surface area contributed by atoms with Gasteiger partial charge in [0.2, 0.25) is 0 Å². The molecule has 0 unspecified atom stereocenters. The molecular weight excluding hydrogens is 172 g/mol. The zero-order valence-corrected chi connectivity index (χ0v) is 7.10. The van der Waals surface area contributed by atoms with Crippen LogP contribution >= 0.6 is 0 Å². The van der Waals surface area contributed by atoms with Crippen LogP contribution in [0.1, 0.15) is 17.0 Å². The van der Waals surface area contributed by atoms with Crippen molar-refractivity contribution in [3.63, 3.8) is 0 Å². The molecule has 68 valence electrons. The van der Waals surface area contributed by atoms with Crippen molar-refractivity contribution in [2.75, 3.05) is 7.11 Å². The molecule has 6 nitrogen and oxygen atoms in total. The molecule has 0 aromatic carbocycles. The molecule has 0 aliphatic heterocycles. The lowest BCUT2D eigenvalue weighted by atomic mass is 10.5. The van der Waals surface area contributed by atoms with E-state index in [2.05, 4.69) is 14.8 Å². The van der Waals surface area contributed by atoms with Crippen LogP contribution in [0.25, 0.3) is 0 Å². The number of methoxy groups -OCH3 is 1. The lowest BCUT2D eigenvalue weighted by molar-refractivity contribution is 0.0586. The Labute approximate surface area is 74.8 Å². The number of aromatic nitrogens is 3. The maximum Gasteiger partial charge on any atom is 0.377 e. The van der Waals surface area contributed by atoms with E-state index in [0.717, 1.165) is 0 Å². The Hall–Kier alpha value is -1.90. The van der Waals surface area contributed by atoms with E-state index in [1.165, 1.54) is 18.1 Å². The highest BCUT2D eigenvalue weighted by atomic mass is 16.5. The number of hydrogen-bond acceptors (Lipinski definition) is 5. The van der Waals surface area contributed by atoms with E-state index >= 15 is 0 Å². The minimum atomic E-state index is -0.573. The minimum absolute atomic E-state index is 0.0143. The Morgan fingerprint density at radius 3 is 3.23 bits per heavy atom. The molecule has 0 N–H and O–H groups in total. The molecule has 0 amide bonds. The SMILES string of the molecule is COC(=O)c1ncn(CCC#N)n1. The lowest BCUT2D eigenvalue weighted by Crippen LogP contribution is -2.05. The van der Waals surface area contributed by atoms with Gasteiger partial charge in [-0.2, -0.15) is 5.26 Å². The summed E-state index contributed by atoms with van der Waals surface area (Å²) in [7, 11) is 1.26. The molecule has 1 aromatic heterocycles. The molecule has 1 aromatic rings. The summed E-state index contributed by atoms with van der Waals surface area (Å²) in [6, 6.07) is 1.96. The summed E-state index contributed by atoms with van der Waals surface area (Å²) in [6.45, 7) is 0.431. The van der Waals surface area contributed by atoms with Crippen LogP contribution in [0.15, 0.2) is 6.33 Å². The van der Waals surface area contributed by atoms with Gasteiger partial charge >= 0.3 is 5.97 Å². The number of hydrogen-bond donors (Lipinski definition) is 0. The monoisotopic (exact) mass is 180 g/mol. The van der Waals surface area contributed by atoms with Gasteiger partial charge < -0.3 is 4.74 Å². The number of nitriles is 1. The highest BCUT2D eigenvalue weighted by Crippen LogP contribution is 1.93. The highest BCUT2D eigenvalue weighted by molar-refractivity contribution is 5.84. The standard InChI is InChI=1S/C7H8N4O2/c1-13-7(12)6-9-5-11(10-6)4-2-3-8/h5H,2,4H2,1H3. The third kappa shape index (κ3) is 2.27. The van der Waals surface area contributed by atoms with Crippen molar-refractivity contribution in [2.24, 2.45) is 0 Å². The maximum atomic E-state index is 10.9. The average molecular weight is 180 g/mol. The van der Waals surface area contributed by atoms with E-state index in [0.29, 0.717) is 13.0 Å². The fraction of sp³-hybridized carbons (Fsp3) is 0.429. The zero-order chi connectivity index (χ0) is 9.68. The molecule has 1 heterocycles. The first-order chi connectivity index (χ1) is 6.27. The first-order valence-corrected chi connectivity index (χ1v) is 3.62. The molecule has 0 aliphatic rings. The van der Waals surface area contributed by atoms with E-state index < -0.39 is 5.97 Å². The van der Waals surface area contributed by atoms with Gasteiger partial charge in [0, 0.05) is 0 Å². The van der Waals surface area contributed by atoms with Crippen molar-refractivity contribution >= 4 is 5.97 Å². The number of ether oxygens (including phenoxy) is 1. The number of carbonyl (C=O) groups is 1. The van der Waals surface area contributed by atoms with Crippen molar-refractivity contribution in [2.45, 2.75) is 13.0 Å². The van der Waals surface area contributed by atoms with Crippen molar-refractivity contribution in [1.82, 2.24) is 14.8 Å². The van der Waals surface area contributed by atoms with Crippen LogP contribution in [0, 0.1) is 11.3 Å². The maximum absolute atomic E-state index is 10.9. The molecule has 1 rings (SSSR count). The van der Waals surface area contributed by atoms with Crippen LogP contribution in [-0.2, 0) is 11.3 Å². The fourth-order valence-corrected chi connectivity index (χ4v) is 0.752. The molecular formula is C7H8N4O2. The zero-order valence-electron chi connectivity index (χ0n) is 7.10. The smallest absolute Gasteiger partial charge is 0.377 e. The van der Waals surface area contributed by atoms with Crippen LogP contribution in [0.2, 0.25) is 0 Å². The van der Waals surface area contributed by atoms with Crippen LogP contribution in [-0.4, -0.2) is 27.8 Å². The second kappa shape index (κ2) is 4.21. The summed E-state index contributed by atoms with van der Waals surface area (Å²) in [4.78, 5) is 14.6. The molecule has 13 heavy (non-hydrogen) atoms. The topological polar surface area (TPSA) is 80.8 Å². The van der Waals surface area contributed by atoms with Crippen LogP contribution < -0.4 is 0 Å². The van der Waals surface area contributed by atoms with Crippen molar-refractivity contribution in [1.29, 1.82) is 5.26 Å². The summed E-state index contributed by atoms with van der Waals surface area (Å²) in [6.07, 6.45) is 1.73. The molecule has 0 fully saturated rings. The summed E-state index contributed by atoms with van der Waals surface area (Å²) in [5.41, 5.74) is 0. The van der Waals surface area contributed by atoms with E-state index in [9.17, 15) is 4.79 Å². The van der Waals surface area contributed by atoms with Gasteiger partial charge in [-0.3, -0.25) is 4.68 Å². The summed E-state index contributed by atoms with van der Waals surface area (Å²) >= 11 is 0. The largest absolute Gasteiger partial charge is 0.463 e.